The van der Waals surface area contributed by atoms with E-state index >= 15 is 0 Å². The van der Waals surface area contributed by atoms with Gasteiger partial charge in [-0.25, -0.2) is 0 Å². The Morgan fingerprint density at radius 3 is 2.83 bits per heavy atom. The molecular formula is C15H30N2O. The first-order valence-corrected chi connectivity index (χ1v) is 7.89. The molecule has 0 aromatic rings. The Morgan fingerprint density at radius 2 is 2.00 bits per heavy atom. The Labute approximate surface area is 112 Å². The monoisotopic (exact) mass is 254 g/mol. The fraction of sp³-hybridized carbons (Fsp3) is 1.00. The molecule has 0 aromatic carbocycles. The minimum absolute atomic E-state index is 0.563. The molecule has 1 saturated carbocycles. The predicted octanol–water partition coefficient (Wildman–Crippen LogP) is 2.27. The van der Waals surface area contributed by atoms with Gasteiger partial charge in [0.2, 0.25) is 0 Å². The molecule has 0 radical (unpaired) electrons. The van der Waals surface area contributed by atoms with Crippen molar-refractivity contribution < 1.29 is 4.74 Å². The van der Waals surface area contributed by atoms with Crippen LogP contribution in [0.1, 0.15) is 45.4 Å². The number of hydrogen-bond donors (Lipinski definition) is 1. The maximum Gasteiger partial charge on any atom is 0.0597 e. The van der Waals surface area contributed by atoms with Crippen molar-refractivity contribution in [2.75, 3.05) is 39.3 Å². The lowest BCUT2D eigenvalue weighted by atomic mass is 9.98. The van der Waals surface area contributed by atoms with Crippen molar-refractivity contribution in [1.29, 1.82) is 0 Å². The van der Waals surface area contributed by atoms with Crippen LogP contribution in [0.5, 0.6) is 0 Å². The normalized spacial score (nSPS) is 28.8. The molecule has 1 saturated heterocycles. The third kappa shape index (κ3) is 5.25. The second-order valence-electron chi connectivity index (χ2n) is 6.09. The minimum Gasteiger partial charge on any atom is -0.377 e. The third-order valence-electron chi connectivity index (χ3n) is 4.20. The van der Waals surface area contributed by atoms with Crippen molar-refractivity contribution in [3.05, 3.63) is 0 Å². The first-order valence-electron chi connectivity index (χ1n) is 7.89. The van der Waals surface area contributed by atoms with Gasteiger partial charge in [0.1, 0.15) is 0 Å². The smallest absolute Gasteiger partial charge is 0.0597 e. The summed E-state index contributed by atoms with van der Waals surface area (Å²) in [6, 6.07) is 0. The van der Waals surface area contributed by atoms with Crippen LogP contribution in [0.3, 0.4) is 0 Å². The van der Waals surface area contributed by atoms with E-state index in [1.54, 1.807) is 0 Å². The molecule has 2 rings (SSSR count). The molecule has 3 heteroatoms. The summed E-state index contributed by atoms with van der Waals surface area (Å²) in [5, 5.41) is 3.51. The Hall–Kier alpha value is -0.120. The summed E-state index contributed by atoms with van der Waals surface area (Å²) in [4.78, 5) is 2.59. The molecule has 0 aromatic heterocycles. The van der Waals surface area contributed by atoms with Gasteiger partial charge in [-0.05, 0) is 44.8 Å². The molecule has 1 N–H and O–H groups in total. The lowest BCUT2D eigenvalue weighted by Crippen LogP contribution is -2.40. The number of nitrogens with zero attached hydrogens (tertiary/aromatic N) is 1. The lowest BCUT2D eigenvalue weighted by Gasteiger charge is -2.29. The van der Waals surface area contributed by atoms with Gasteiger partial charge in [-0.1, -0.05) is 26.2 Å². The van der Waals surface area contributed by atoms with Gasteiger partial charge in [-0.2, -0.15) is 0 Å². The molecule has 106 valence electrons. The number of rotatable bonds is 4. The van der Waals surface area contributed by atoms with Crippen LogP contribution in [0.15, 0.2) is 0 Å². The van der Waals surface area contributed by atoms with Crippen LogP contribution in [0.25, 0.3) is 0 Å². The Kier molecular flexibility index (Phi) is 6.46. The molecule has 1 heterocycles. The summed E-state index contributed by atoms with van der Waals surface area (Å²) in [6.07, 6.45) is 8.58. The van der Waals surface area contributed by atoms with Crippen molar-refractivity contribution in [2.24, 2.45) is 5.92 Å². The van der Waals surface area contributed by atoms with Gasteiger partial charge in [-0.3, -0.25) is 0 Å². The summed E-state index contributed by atoms with van der Waals surface area (Å²) >= 11 is 0. The molecule has 1 atom stereocenters. The van der Waals surface area contributed by atoms with Gasteiger partial charge in [0.15, 0.2) is 0 Å². The zero-order chi connectivity index (χ0) is 12.6. The van der Waals surface area contributed by atoms with Gasteiger partial charge in [-0.15, -0.1) is 0 Å². The maximum absolute atomic E-state index is 6.04. The number of ether oxygens (including phenoxy) is 1. The van der Waals surface area contributed by atoms with Crippen LogP contribution >= 0.6 is 0 Å². The topological polar surface area (TPSA) is 24.5 Å². The van der Waals surface area contributed by atoms with E-state index in [1.165, 1.54) is 64.7 Å². The average molecular weight is 254 g/mol. The van der Waals surface area contributed by atoms with E-state index in [2.05, 4.69) is 17.1 Å². The number of hydrogen-bond acceptors (Lipinski definition) is 3. The van der Waals surface area contributed by atoms with Crippen LogP contribution in [0.4, 0.5) is 0 Å². The van der Waals surface area contributed by atoms with E-state index in [0.29, 0.717) is 6.10 Å². The van der Waals surface area contributed by atoms with Crippen molar-refractivity contribution in [1.82, 2.24) is 10.2 Å². The second-order valence-corrected chi connectivity index (χ2v) is 6.09. The maximum atomic E-state index is 6.04. The second kappa shape index (κ2) is 8.13. The predicted molar refractivity (Wildman–Crippen MR) is 75.9 cm³/mol. The fourth-order valence-corrected chi connectivity index (χ4v) is 3.16. The van der Waals surface area contributed by atoms with Crippen LogP contribution in [0.2, 0.25) is 0 Å². The summed E-state index contributed by atoms with van der Waals surface area (Å²) in [5.74, 6) is 0.764. The highest BCUT2D eigenvalue weighted by atomic mass is 16.5. The van der Waals surface area contributed by atoms with Crippen LogP contribution < -0.4 is 5.32 Å². The van der Waals surface area contributed by atoms with Gasteiger partial charge in [0.25, 0.3) is 0 Å². The lowest BCUT2D eigenvalue weighted by molar-refractivity contribution is 0.0139. The van der Waals surface area contributed by atoms with E-state index in [0.717, 1.165) is 19.1 Å². The summed E-state index contributed by atoms with van der Waals surface area (Å²) in [5.41, 5.74) is 0. The first-order chi connectivity index (χ1) is 8.84. The quantitative estimate of drug-likeness (QED) is 0.833. The summed E-state index contributed by atoms with van der Waals surface area (Å²) in [7, 11) is 0. The zero-order valence-corrected chi connectivity index (χ0v) is 12.0. The van der Waals surface area contributed by atoms with Crippen LogP contribution in [0, 0.1) is 5.92 Å². The molecule has 3 nitrogen and oxygen atoms in total. The van der Waals surface area contributed by atoms with Crippen LogP contribution in [-0.4, -0.2) is 50.3 Å². The van der Waals surface area contributed by atoms with E-state index < -0.39 is 0 Å². The molecule has 2 fully saturated rings. The SMILES string of the molecule is CC1CNCCCN(CCOC2CCCCC2)C1. The molecule has 1 aliphatic carbocycles. The van der Waals surface area contributed by atoms with Gasteiger partial charge >= 0.3 is 0 Å². The summed E-state index contributed by atoms with van der Waals surface area (Å²) < 4.78 is 6.04. The molecule has 2 aliphatic rings. The molecular weight excluding hydrogens is 224 g/mol. The Balaban J connectivity index is 1.61. The van der Waals surface area contributed by atoms with Crippen molar-refractivity contribution in [3.8, 4) is 0 Å². The fourth-order valence-electron chi connectivity index (χ4n) is 3.16. The van der Waals surface area contributed by atoms with Gasteiger partial charge in [0, 0.05) is 13.1 Å². The van der Waals surface area contributed by atoms with Crippen molar-refractivity contribution in [3.63, 3.8) is 0 Å². The Morgan fingerprint density at radius 1 is 1.17 bits per heavy atom. The largest absolute Gasteiger partial charge is 0.377 e. The van der Waals surface area contributed by atoms with E-state index in [4.69, 9.17) is 4.74 Å². The van der Waals surface area contributed by atoms with Crippen LogP contribution in [-0.2, 0) is 4.74 Å². The first kappa shape index (κ1) is 14.3. The molecule has 1 aliphatic heterocycles. The molecule has 1 unspecified atom stereocenters. The molecule has 0 bridgehead atoms. The standard InChI is InChI=1S/C15H30N2O/c1-14-12-16-8-5-9-17(13-14)10-11-18-15-6-3-2-4-7-15/h14-16H,2-13H2,1H3. The molecule has 18 heavy (non-hydrogen) atoms. The van der Waals surface area contributed by atoms with Gasteiger partial charge in [0.05, 0.1) is 12.7 Å². The highest BCUT2D eigenvalue weighted by molar-refractivity contribution is 4.70. The average Bonchev–Trinajstić information content (AvgIpc) is 2.36. The highest BCUT2D eigenvalue weighted by Gasteiger charge is 2.16. The van der Waals surface area contributed by atoms with Gasteiger partial charge < -0.3 is 15.0 Å². The Bertz CT molecular complexity index is 217. The zero-order valence-electron chi connectivity index (χ0n) is 12.0. The molecule has 0 spiro atoms. The van der Waals surface area contributed by atoms with Crippen molar-refractivity contribution in [2.45, 2.75) is 51.6 Å². The third-order valence-corrected chi connectivity index (χ3v) is 4.20. The minimum atomic E-state index is 0.563. The highest BCUT2D eigenvalue weighted by Crippen LogP contribution is 2.20. The van der Waals surface area contributed by atoms with E-state index in [-0.39, 0.29) is 0 Å². The molecule has 0 amide bonds. The van der Waals surface area contributed by atoms with E-state index in [1.807, 2.05) is 0 Å². The number of nitrogens with one attached hydrogen (secondary N) is 1. The van der Waals surface area contributed by atoms with Crippen molar-refractivity contribution >= 4 is 0 Å². The summed E-state index contributed by atoms with van der Waals surface area (Å²) in [6.45, 7) is 9.19. The van der Waals surface area contributed by atoms with E-state index in [9.17, 15) is 0 Å².